The molecule has 0 fully saturated rings. The third-order valence-corrected chi connectivity index (χ3v) is 2.74. The van der Waals surface area contributed by atoms with Crippen molar-refractivity contribution in [1.82, 2.24) is 4.90 Å². The van der Waals surface area contributed by atoms with Crippen molar-refractivity contribution in [2.45, 2.75) is 0 Å². The number of nitro groups is 1. The molecule has 104 valence electrons. The first-order valence-corrected chi connectivity index (χ1v) is 5.52. The number of benzene rings is 1. The summed E-state index contributed by atoms with van der Waals surface area (Å²) in [7, 11) is 3.08. The van der Waals surface area contributed by atoms with Gasteiger partial charge in [0, 0.05) is 27.2 Å². The van der Waals surface area contributed by atoms with E-state index in [1.165, 1.54) is 13.1 Å². The van der Waals surface area contributed by atoms with Crippen LogP contribution in [0.1, 0.15) is 0 Å². The zero-order valence-corrected chi connectivity index (χ0v) is 10.7. The maximum Gasteiger partial charge on any atom is 0.407 e. The molecule has 0 aliphatic carbocycles. The first-order chi connectivity index (χ1) is 8.84. The summed E-state index contributed by atoms with van der Waals surface area (Å²) in [6, 6.07) is 4.66. The van der Waals surface area contributed by atoms with E-state index in [1.807, 2.05) is 0 Å². The summed E-state index contributed by atoms with van der Waals surface area (Å²) < 4.78 is 0. The summed E-state index contributed by atoms with van der Waals surface area (Å²) in [6.45, 7) is 0.560. The average Bonchev–Trinajstić information content (AvgIpc) is 2.34. The molecule has 0 radical (unpaired) electrons. The number of nitro benzene ring substituents is 1. The lowest BCUT2D eigenvalue weighted by molar-refractivity contribution is -0.383. The highest BCUT2D eigenvalue weighted by Gasteiger charge is 2.20. The smallest absolute Gasteiger partial charge is 0.407 e. The minimum Gasteiger partial charge on any atom is -0.465 e. The summed E-state index contributed by atoms with van der Waals surface area (Å²) in [5.41, 5.74) is 5.88. The van der Waals surface area contributed by atoms with Gasteiger partial charge in [0.1, 0.15) is 11.4 Å². The fraction of sp³-hybridized carbons (Fsp3) is 0.364. The van der Waals surface area contributed by atoms with Gasteiger partial charge in [-0.2, -0.15) is 0 Å². The Morgan fingerprint density at radius 1 is 1.42 bits per heavy atom. The number of carboxylic acid groups (broad SMARTS) is 1. The molecule has 0 unspecified atom stereocenters. The molecule has 0 spiro atoms. The quantitative estimate of drug-likeness (QED) is 0.471. The standard InChI is InChI=1S/C11H16N4O4/c1-13(6-7-14(2)11(16)17)9-5-3-4-8(12)10(9)15(18)19/h3-5H,6-7,12H2,1-2H3,(H,16,17). The highest BCUT2D eigenvalue weighted by Crippen LogP contribution is 2.32. The molecular formula is C11H16N4O4. The highest BCUT2D eigenvalue weighted by molar-refractivity contribution is 5.75. The van der Waals surface area contributed by atoms with Crippen molar-refractivity contribution in [3.05, 3.63) is 28.3 Å². The summed E-state index contributed by atoms with van der Waals surface area (Å²) in [4.78, 5) is 23.8. The second kappa shape index (κ2) is 5.89. The van der Waals surface area contributed by atoms with Gasteiger partial charge in [-0.15, -0.1) is 0 Å². The Hall–Kier alpha value is -2.51. The van der Waals surface area contributed by atoms with E-state index in [1.54, 1.807) is 24.1 Å². The summed E-state index contributed by atoms with van der Waals surface area (Å²) >= 11 is 0. The number of rotatable bonds is 5. The number of anilines is 2. The molecule has 0 heterocycles. The van der Waals surface area contributed by atoms with Crippen LogP contribution in [0.5, 0.6) is 0 Å². The lowest BCUT2D eigenvalue weighted by Crippen LogP contribution is -2.34. The van der Waals surface area contributed by atoms with E-state index >= 15 is 0 Å². The van der Waals surface area contributed by atoms with E-state index in [9.17, 15) is 14.9 Å². The van der Waals surface area contributed by atoms with Gasteiger partial charge in [0.2, 0.25) is 0 Å². The number of likely N-dealkylation sites (N-methyl/N-ethyl adjacent to an activating group) is 2. The molecule has 0 aliphatic heterocycles. The number of carbonyl (C=O) groups is 1. The molecule has 0 bridgehead atoms. The number of nitrogen functional groups attached to an aromatic ring is 1. The maximum absolute atomic E-state index is 11.0. The Morgan fingerprint density at radius 3 is 2.58 bits per heavy atom. The van der Waals surface area contributed by atoms with Crippen LogP contribution < -0.4 is 10.6 Å². The third-order valence-electron chi connectivity index (χ3n) is 2.74. The van der Waals surface area contributed by atoms with Gasteiger partial charge in [-0.3, -0.25) is 10.1 Å². The Bertz CT molecular complexity index is 492. The second-order valence-electron chi connectivity index (χ2n) is 4.10. The van der Waals surface area contributed by atoms with Crippen molar-refractivity contribution < 1.29 is 14.8 Å². The van der Waals surface area contributed by atoms with Crippen LogP contribution in [0, 0.1) is 10.1 Å². The SMILES string of the molecule is CN(CCN(C)c1cccc(N)c1[N+](=O)[O-])C(=O)O. The van der Waals surface area contributed by atoms with Gasteiger partial charge in [-0.25, -0.2) is 4.79 Å². The molecule has 8 nitrogen and oxygen atoms in total. The fourth-order valence-corrected chi connectivity index (χ4v) is 1.57. The number of hydrogen-bond acceptors (Lipinski definition) is 5. The fourth-order valence-electron chi connectivity index (χ4n) is 1.57. The van der Waals surface area contributed by atoms with Crippen molar-refractivity contribution >= 4 is 23.2 Å². The molecule has 0 aliphatic rings. The van der Waals surface area contributed by atoms with Gasteiger partial charge >= 0.3 is 11.8 Å². The van der Waals surface area contributed by atoms with Crippen molar-refractivity contribution in [1.29, 1.82) is 0 Å². The number of nitrogens with zero attached hydrogens (tertiary/aromatic N) is 3. The first kappa shape index (κ1) is 14.6. The van der Waals surface area contributed by atoms with Crippen LogP contribution in [0.3, 0.4) is 0 Å². The van der Waals surface area contributed by atoms with Crippen LogP contribution in [0.2, 0.25) is 0 Å². The van der Waals surface area contributed by atoms with E-state index in [0.29, 0.717) is 12.2 Å². The number of amides is 1. The van der Waals surface area contributed by atoms with Gasteiger partial charge in [0.25, 0.3) is 0 Å². The monoisotopic (exact) mass is 268 g/mol. The van der Waals surface area contributed by atoms with Crippen molar-refractivity contribution in [2.75, 3.05) is 37.8 Å². The predicted molar refractivity (Wildman–Crippen MR) is 71.4 cm³/mol. The predicted octanol–water partition coefficient (Wildman–Crippen LogP) is 1.22. The molecule has 8 heteroatoms. The van der Waals surface area contributed by atoms with Crippen LogP contribution in [0.25, 0.3) is 0 Å². The van der Waals surface area contributed by atoms with E-state index in [2.05, 4.69) is 0 Å². The normalized spacial score (nSPS) is 10.0. The second-order valence-corrected chi connectivity index (χ2v) is 4.10. The first-order valence-electron chi connectivity index (χ1n) is 5.52. The Morgan fingerprint density at radius 2 is 2.05 bits per heavy atom. The molecule has 0 saturated heterocycles. The van der Waals surface area contributed by atoms with Gasteiger partial charge in [-0.05, 0) is 12.1 Å². The maximum atomic E-state index is 11.0. The van der Waals surface area contributed by atoms with E-state index in [0.717, 1.165) is 4.90 Å². The molecule has 1 aromatic carbocycles. The Kier molecular flexibility index (Phi) is 4.51. The molecule has 3 N–H and O–H groups in total. The van der Waals surface area contributed by atoms with Crippen LogP contribution in [0.15, 0.2) is 18.2 Å². The number of para-hydroxylation sites is 1. The topological polar surface area (TPSA) is 113 Å². The molecule has 0 saturated carbocycles. The van der Waals surface area contributed by atoms with Gasteiger partial charge in [-0.1, -0.05) is 6.07 Å². The molecule has 1 rings (SSSR count). The van der Waals surface area contributed by atoms with Gasteiger partial charge in [0.05, 0.1) is 4.92 Å². The van der Waals surface area contributed by atoms with Crippen molar-refractivity contribution in [3.8, 4) is 0 Å². The average molecular weight is 268 g/mol. The molecule has 0 aromatic heterocycles. The molecule has 0 atom stereocenters. The zero-order chi connectivity index (χ0) is 14.6. The summed E-state index contributed by atoms with van der Waals surface area (Å²) in [6.07, 6.45) is -1.05. The lowest BCUT2D eigenvalue weighted by atomic mass is 10.2. The molecule has 1 aromatic rings. The number of nitrogens with two attached hydrogens (primary N) is 1. The van der Waals surface area contributed by atoms with Crippen LogP contribution in [0.4, 0.5) is 21.9 Å². The van der Waals surface area contributed by atoms with E-state index in [-0.39, 0.29) is 17.9 Å². The minimum absolute atomic E-state index is 0.0842. The number of hydrogen-bond donors (Lipinski definition) is 2. The summed E-state index contributed by atoms with van der Waals surface area (Å²) in [5, 5.41) is 19.7. The molecule has 19 heavy (non-hydrogen) atoms. The van der Waals surface area contributed by atoms with Crippen LogP contribution in [-0.4, -0.2) is 48.2 Å². The molecule has 1 amide bonds. The largest absolute Gasteiger partial charge is 0.465 e. The lowest BCUT2D eigenvalue weighted by Gasteiger charge is -2.22. The van der Waals surface area contributed by atoms with Crippen molar-refractivity contribution in [3.63, 3.8) is 0 Å². The van der Waals surface area contributed by atoms with Gasteiger partial charge in [0.15, 0.2) is 0 Å². The highest BCUT2D eigenvalue weighted by atomic mass is 16.6. The van der Waals surface area contributed by atoms with Crippen LogP contribution >= 0.6 is 0 Å². The van der Waals surface area contributed by atoms with E-state index < -0.39 is 11.0 Å². The molecular weight excluding hydrogens is 252 g/mol. The Balaban J connectivity index is 2.88. The minimum atomic E-state index is -1.05. The van der Waals surface area contributed by atoms with E-state index in [4.69, 9.17) is 10.8 Å². The Labute approximate surface area is 110 Å². The van der Waals surface area contributed by atoms with Gasteiger partial charge < -0.3 is 20.6 Å². The third kappa shape index (κ3) is 3.47. The zero-order valence-electron chi connectivity index (χ0n) is 10.7. The van der Waals surface area contributed by atoms with Crippen molar-refractivity contribution in [2.24, 2.45) is 0 Å². The summed E-state index contributed by atoms with van der Waals surface area (Å²) in [5.74, 6) is 0. The van der Waals surface area contributed by atoms with Crippen LogP contribution in [-0.2, 0) is 0 Å².